The molecular weight excluding hydrogens is 296 g/mol. The van der Waals surface area contributed by atoms with Crippen LogP contribution in [0.2, 0.25) is 0 Å². The Bertz CT molecular complexity index is 727. The summed E-state index contributed by atoms with van der Waals surface area (Å²) in [5.41, 5.74) is 0.783. The van der Waals surface area contributed by atoms with Crippen molar-refractivity contribution in [3.63, 3.8) is 0 Å². The summed E-state index contributed by atoms with van der Waals surface area (Å²) in [6.45, 7) is 3.18. The van der Waals surface area contributed by atoms with Gasteiger partial charge in [0.2, 0.25) is 0 Å². The number of nitrogens with one attached hydrogen (secondary N) is 1. The second kappa shape index (κ2) is 5.18. The molecule has 0 atom stereocenters. The lowest BCUT2D eigenvalue weighted by atomic mass is 9.87. The zero-order chi connectivity index (χ0) is 16.0. The number of rotatable bonds is 2. The van der Waals surface area contributed by atoms with Crippen LogP contribution in [0.15, 0.2) is 16.0 Å². The van der Waals surface area contributed by atoms with Crippen molar-refractivity contribution in [2.24, 2.45) is 5.16 Å². The fraction of sp³-hybridized carbons (Fsp3) is 0.625. The molecule has 1 N–H and O–H groups in total. The Morgan fingerprint density at radius 2 is 2.13 bits per heavy atom. The van der Waals surface area contributed by atoms with Crippen LogP contribution in [0.4, 0.5) is 0 Å². The summed E-state index contributed by atoms with van der Waals surface area (Å²) in [4.78, 5) is 38.9. The topological polar surface area (TPSA) is 87.6 Å². The maximum absolute atomic E-state index is 12.7. The van der Waals surface area contributed by atoms with Crippen molar-refractivity contribution in [1.82, 2.24) is 14.9 Å². The molecule has 3 heterocycles. The lowest BCUT2D eigenvalue weighted by molar-refractivity contribution is -0.0569. The van der Waals surface area contributed by atoms with Gasteiger partial charge in [0.15, 0.2) is 0 Å². The molecule has 1 aromatic heterocycles. The monoisotopic (exact) mass is 316 g/mol. The summed E-state index contributed by atoms with van der Waals surface area (Å²) in [7, 11) is 0. The normalized spacial score (nSPS) is 22.8. The third-order valence-electron chi connectivity index (χ3n) is 4.88. The van der Waals surface area contributed by atoms with E-state index >= 15 is 0 Å². The predicted molar refractivity (Wildman–Crippen MR) is 83.5 cm³/mol. The van der Waals surface area contributed by atoms with E-state index in [0.717, 1.165) is 37.8 Å². The maximum Gasteiger partial charge on any atom is 0.272 e. The second-order valence-corrected chi connectivity index (χ2v) is 6.86. The number of hydrogen-bond acceptors (Lipinski definition) is 5. The van der Waals surface area contributed by atoms with Crippen LogP contribution in [0, 0.1) is 0 Å². The highest BCUT2D eigenvalue weighted by atomic mass is 16.7. The van der Waals surface area contributed by atoms with E-state index in [9.17, 15) is 9.59 Å². The van der Waals surface area contributed by atoms with Gasteiger partial charge in [0, 0.05) is 44.3 Å². The minimum Gasteiger partial charge on any atom is -0.389 e. The van der Waals surface area contributed by atoms with Gasteiger partial charge in [-0.25, -0.2) is 4.98 Å². The Labute approximate surface area is 133 Å². The molecule has 23 heavy (non-hydrogen) atoms. The summed E-state index contributed by atoms with van der Waals surface area (Å²) in [6.07, 6.45) is 4.42. The molecule has 2 aliphatic heterocycles. The van der Waals surface area contributed by atoms with Crippen LogP contribution in [-0.2, 0) is 4.84 Å². The van der Waals surface area contributed by atoms with E-state index in [2.05, 4.69) is 15.1 Å². The highest BCUT2D eigenvalue weighted by Gasteiger charge is 2.42. The van der Waals surface area contributed by atoms with Crippen molar-refractivity contribution in [3.8, 4) is 0 Å². The summed E-state index contributed by atoms with van der Waals surface area (Å²) >= 11 is 0. The first-order chi connectivity index (χ1) is 11.0. The van der Waals surface area contributed by atoms with E-state index in [-0.39, 0.29) is 22.8 Å². The standard InChI is InChI=1S/C16H20N4O3/c1-10-9-16(23-19-10)4-6-20(7-5-16)15(22)12-8-13(21)18-14(17-12)11-2-3-11/h8,11H,2-7,9H2,1H3,(H,17,18,21). The van der Waals surface area contributed by atoms with Gasteiger partial charge in [-0.1, -0.05) is 5.16 Å². The summed E-state index contributed by atoms with van der Waals surface area (Å²) in [5.74, 6) is 0.799. The van der Waals surface area contributed by atoms with E-state index in [1.165, 1.54) is 6.07 Å². The highest BCUT2D eigenvalue weighted by Crippen LogP contribution is 2.38. The molecule has 0 aromatic carbocycles. The van der Waals surface area contributed by atoms with E-state index in [4.69, 9.17) is 4.84 Å². The van der Waals surface area contributed by atoms with Gasteiger partial charge < -0.3 is 14.7 Å². The number of aromatic nitrogens is 2. The summed E-state index contributed by atoms with van der Waals surface area (Å²) in [6, 6.07) is 1.30. The Morgan fingerprint density at radius 1 is 1.39 bits per heavy atom. The molecule has 7 nitrogen and oxygen atoms in total. The smallest absolute Gasteiger partial charge is 0.272 e. The number of hydrogen-bond donors (Lipinski definition) is 1. The Morgan fingerprint density at radius 3 is 2.74 bits per heavy atom. The van der Waals surface area contributed by atoms with E-state index in [0.29, 0.717) is 24.8 Å². The maximum atomic E-state index is 12.7. The molecule has 3 aliphatic rings. The molecule has 1 saturated heterocycles. The van der Waals surface area contributed by atoms with E-state index in [1.807, 2.05) is 6.92 Å². The lowest BCUT2D eigenvalue weighted by Gasteiger charge is -2.37. The molecule has 0 unspecified atom stereocenters. The summed E-state index contributed by atoms with van der Waals surface area (Å²) in [5, 5.41) is 4.05. The minimum atomic E-state index is -0.248. The van der Waals surface area contributed by atoms with E-state index in [1.54, 1.807) is 4.90 Å². The lowest BCUT2D eigenvalue weighted by Crippen LogP contribution is -2.47. The van der Waals surface area contributed by atoms with Crippen LogP contribution in [0.3, 0.4) is 0 Å². The second-order valence-electron chi connectivity index (χ2n) is 6.86. The Hall–Kier alpha value is -2.18. The van der Waals surface area contributed by atoms with Crippen molar-refractivity contribution in [2.45, 2.75) is 50.5 Å². The molecule has 7 heteroatoms. The van der Waals surface area contributed by atoms with Crippen molar-refractivity contribution in [3.05, 3.63) is 27.9 Å². The number of carbonyl (C=O) groups is 1. The van der Waals surface area contributed by atoms with Gasteiger partial charge in [-0.15, -0.1) is 0 Å². The number of carbonyl (C=O) groups excluding carboxylic acids is 1. The number of likely N-dealkylation sites (tertiary alicyclic amines) is 1. The van der Waals surface area contributed by atoms with Gasteiger partial charge in [-0.3, -0.25) is 9.59 Å². The third kappa shape index (κ3) is 2.75. The minimum absolute atomic E-state index is 0.163. The zero-order valence-corrected chi connectivity index (χ0v) is 13.2. The Kier molecular flexibility index (Phi) is 3.25. The van der Waals surface area contributed by atoms with Crippen LogP contribution in [-0.4, -0.2) is 45.2 Å². The quantitative estimate of drug-likeness (QED) is 0.894. The van der Waals surface area contributed by atoms with Gasteiger partial charge in [-0.05, 0) is 19.8 Å². The average Bonchev–Trinajstić information content (AvgIpc) is 3.32. The first kappa shape index (κ1) is 14.4. The number of oxime groups is 1. The largest absolute Gasteiger partial charge is 0.389 e. The first-order valence-electron chi connectivity index (χ1n) is 8.17. The van der Waals surface area contributed by atoms with Crippen molar-refractivity contribution in [1.29, 1.82) is 0 Å². The van der Waals surface area contributed by atoms with Crippen molar-refractivity contribution in [2.75, 3.05) is 13.1 Å². The SMILES string of the molecule is CC1=NOC2(CCN(C(=O)c3cc(=O)[nH]c(C4CC4)n3)CC2)C1. The van der Waals surface area contributed by atoms with Crippen LogP contribution in [0.5, 0.6) is 0 Å². The van der Waals surface area contributed by atoms with Gasteiger partial charge in [0.05, 0.1) is 5.71 Å². The van der Waals surface area contributed by atoms with Gasteiger partial charge in [0.25, 0.3) is 11.5 Å². The number of aromatic amines is 1. The molecule has 0 bridgehead atoms. The molecular formula is C16H20N4O3. The van der Waals surface area contributed by atoms with Gasteiger partial charge in [0.1, 0.15) is 17.1 Å². The van der Waals surface area contributed by atoms with E-state index < -0.39 is 0 Å². The number of piperidine rings is 1. The number of H-pyrrole nitrogens is 1. The average molecular weight is 316 g/mol. The molecule has 1 aromatic rings. The van der Waals surface area contributed by atoms with Gasteiger partial charge >= 0.3 is 0 Å². The fourth-order valence-corrected chi connectivity index (χ4v) is 3.39. The fourth-order valence-electron chi connectivity index (χ4n) is 3.39. The number of nitrogens with zero attached hydrogens (tertiary/aromatic N) is 3. The highest BCUT2D eigenvalue weighted by molar-refractivity contribution is 5.92. The zero-order valence-electron chi connectivity index (χ0n) is 13.2. The van der Waals surface area contributed by atoms with Crippen molar-refractivity contribution < 1.29 is 9.63 Å². The van der Waals surface area contributed by atoms with Crippen LogP contribution < -0.4 is 5.56 Å². The van der Waals surface area contributed by atoms with Crippen LogP contribution in [0.1, 0.15) is 61.3 Å². The molecule has 1 amide bonds. The molecule has 1 spiro atoms. The van der Waals surface area contributed by atoms with Crippen molar-refractivity contribution >= 4 is 11.6 Å². The molecule has 122 valence electrons. The van der Waals surface area contributed by atoms with Gasteiger partial charge in [-0.2, -0.15) is 0 Å². The van der Waals surface area contributed by atoms with Crippen LogP contribution >= 0.6 is 0 Å². The first-order valence-corrected chi connectivity index (χ1v) is 8.17. The third-order valence-corrected chi connectivity index (χ3v) is 4.88. The van der Waals surface area contributed by atoms with Crippen LogP contribution in [0.25, 0.3) is 0 Å². The number of amides is 1. The Balaban J connectivity index is 1.47. The molecule has 2 fully saturated rings. The molecule has 1 saturated carbocycles. The molecule has 4 rings (SSSR count). The summed E-state index contributed by atoms with van der Waals surface area (Å²) < 4.78 is 0. The molecule has 0 radical (unpaired) electrons. The molecule has 1 aliphatic carbocycles. The predicted octanol–water partition coefficient (Wildman–Crippen LogP) is 1.42.